The minimum Gasteiger partial charge on any atom is -0.282 e. The summed E-state index contributed by atoms with van der Waals surface area (Å²) < 4.78 is 24.5. The number of rotatable bonds is 4. The van der Waals surface area contributed by atoms with Gasteiger partial charge in [-0.05, 0) is 12.8 Å². The highest BCUT2D eigenvalue weighted by Crippen LogP contribution is 2.48. The summed E-state index contributed by atoms with van der Waals surface area (Å²) in [5.74, 6) is 9.48. The van der Waals surface area contributed by atoms with E-state index in [0.717, 1.165) is 25.7 Å². The average Bonchev–Trinajstić information content (AvgIpc) is 2.19. The van der Waals surface area contributed by atoms with Gasteiger partial charge in [-0.2, -0.15) is 9.25 Å². The van der Waals surface area contributed by atoms with Crippen molar-refractivity contribution in [1.29, 1.82) is 0 Å². The molecule has 0 aliphatic heterocycles. The van der Waals surface area contributed by atoms with E-state index in [9.17, 15) is 4.57 Å². The first-order valence-corrected chi connectivity index (χ1v) is 5.71. The average molecular weight is 210 g/mol. The van der Waals surface area contributed by atoms with Gasteiger partial charge in [-0.3, -0.25) is 4.52 Å². The Labute approximate surface area is 77.0 Å². The van der Waals surface area contributed by atoms with Crippen LogP contribution in [0.15, 0.2) is 0 Å². The lowest BCUT2D eigenvalue weighted by atomic mass is 9.98. The van der Waals surface area contributed by atoms with Crippen molar-refractivity contribution in [2.45, 2.75) is 38.2 Å². The fourth-order valence-electron chi connectivity index (χ4n) is 1.43. The molecule has 1 aliphatic carbocycles. The summed E-state index contributed by atoms with van der Waals surface area (Å²) >= 11 is 0. The van der Waals surface area contributed by atoms with Gasteiger partial charge in [0, 0.05) is 0 Å². The first kappa shape index (κ1) is 11.1. The second kappa shape index (κ2) is 5.05. The lowest BCUT2D eigenvalue weighted by Gasteiger charge is -2.23. The summed E-state index contributed by atoms with van der Waals surface area (Å²) in [6, 6.07) is 0. The van der Waals surface area contributed by atoms with E-state index in [1.165, 1.54) is 6.42 Å². The smallest absolute Gasteiger partial charge is 0.282 e. The van der Waals surface area contributed by atoms with Crippen LogP contribution in [0.4, 0.5) is 0 Å². The minimum absolute atomic E-state index is 0.119. The van der Waals surface area contributed by atoms with Crippen LogP contribution in [0.3, 0.4) is 0 Å². The van der Waals surface area contributed by atoms with Crippen LogP contribution in [0.25, 0.3) is 0 Å². The van der Waals surface area contributed by atoms with Gasteiger partial charge in [-0.1, -0.05) is 19.3 Å². The van der Waals surface area contributed by atoms with Gasteiger partial charge in [0.2, 0.25) is 0 Å². The van der Waals surface area contributed by atoms with E-state index in [-0.39, 0.29) is 6.10 Å². The molecule has 0 saturated heterocycles. The summed E-state index contributed by atoms with van der Waals surface area (Å²) in [4.78, 5) is 0. The van der Waals surface area contributed by atoms with Gasteiger partial charge in [0.05, 0.1) is 6.10 Å². The third-order valence-electron chi connectivity index (χ3n) is 2.09. The van der Waals surface area contributed by atoms with E-state index < -0.39 is 7.82 Å². The molecule has 6 nitrogen and oxygen atoms in total. The zero-order valence-electron chi connectivity index (χ0n) is 7.35. The molecule has 0 unspecified atom stereocenters. The first-order chi connectivity index (χ1) is 6.20. The van der Waals surface area contributed by atoms with Crippen molar-refractivity contribution in [2.24, 2.45) is 11.8 Å². The van der Waals surface area contributed by atoms with E-state index in [4.69, 9.17) is 16.3 Å². The Hall–Kier alpha value is 0.0300. The molecular weight excluding hydrogens is 195 g/mol. The number of phosphoric acid groups is 1. The van der Waals surface area contributed by atoms with Crippen LogP contribution in [-0.2, 0) is 18.3 Å². The molecule has 1 fully saturated rings. The predicted octanol–water partition coefficient (Wildman–Crippen LogP) is 1.22. The molecule has 1 rings (SSSR count). The van der Waals surface area contributed by atoms with Crippen molar-refractivity contribution in [3.63, 3.8) is 0 Å². The molecule has 0 amide bonds. The SMILES string of the molecule is NOP(=O)(ON)OC1CCCCC1. The molecular formula is C6H15N2O4P. The molecule has 0 spiro atoms. The second-order valence-electron chi connectivity index (χ2n) is 3.02. The second-order valence-corrected chi connectivity index (χ2v) is 4.55. The molecule has 78 valence electrons. The van der Waals surface area contributed by atoms with E-state index in [2.05, 4.69) is 9.25 Å². The molecule has 7 heteroatoms. The molecule has 13 heavy (non-hydrogen) atoms. The lowest BCUT2D eigenvalue weighted by molar-refractivity contribution is 0.0615. The Morgan fingerprint density at radius 3 is 2.08 bits per heavy atom. The fourth-order valence-corrected chi connectivity index (χ4v) is 2.15. The molecule has 0 heterocycles. The molecule has 0 aromatic heterocycles. The van der Waals surface area contributed by atoms with Gasteiger partial charge >= 0.3 is 7.82 Å². The van der Waals surface area contributed by atoms with E-state index in [0.29, 0.717) is 0 Å². The topological polar surface area (TPSA) is 96.8 Å². The van der Waals surface area contributed by atoms with Crippen LogP contribution in [0.1, 0.15) is 32.1 Å². The van der Waals surface area contributed by atoms with Crippen LogP contribution in [-0.4, -0.2) is 6.10 Å². The molecule has 1 saturated carbocycles. The largest absolute Gasteiger partial charge is 0.507 e. The minimum atomic E-state index is -3.69. The van der Waals surface area contributed by atoms with E-state index >= 15 is 0 Å². The zero-order valence-corrected chi connectivity index (χ0v) is 8.24. The van der Waals surface area contributed by atoms with Gasteiger partial charge in [0.1, 0.15) is 0 Å². The third-order valence-corrected chi connectivity index (χ3v) is 3.16. The Bertz CT molecular complexity index is 187. The van der Waals surface area contributed by atoms with Crippen molar-refractivity contribution >= 4 is 7.82 Å². The van der Waals surface area contributed by atoms with Crippen molar-refractivity contribution in [3.05, 3.63) is 0 Å². The monoisotopic (exact) mass is 210 g/mol. The molecule has 0 aromatic carbocycles. The maximum atomic E-state index is 11.3. The van der Waals surface area contributed by atoms with Crippen LogP contribution in [0.5, 0.6) is 0 Å². The van der Waals surface area contributed by atoms with Crippen LogP contribution in [0.2, 0.25) is 0 Å². The van der Waals surface area contributed by atoms with Gasteiger partial charge in [-0.25, -0.2) is 16.4 Å². The van der Waals surface area contributed by atoms with Gasteiger partial charge < -0.3 is 0 Å². The van der Waals surface area contributed by atoms with Crippen LogP contribution < -0.4 is 11.8 Å². The van der Waals surface area contributed by atoms with Gasteiger partial charge in [0.25, 0.3) is 0 Å². The molecule has 1 aliphatic rings. The molecule has 0 bridgehead atoms. The van der Waals surface area contributed by atoms with Crippen LogP contribution >= 0.6 is 7.82 Å². The highest BCUT2D eigenvalue weighted by atomic mass is 31.2. The van der Waals surface area contributed by atoms with Gasteiger partial charge in [-0.15, -0.1) is 0 Å². The van der Waals surface area contributed by atoms with Crippen molar-refractivity contribution < 1.29 is 18.3 Å². The number of hydrogen-bond acceptors (Lipinski definition) is 6. The van der Waals surface area contributed by atoms with E-state index in [1.807, 2.05) is 0 Å². The quantitative estimate of drug-likeness (QED) is 0.535. The van der Waals surface area contributed by atoms with Gasteiger partial charge in [0.15, 0.2) is 0 Å². The summed E-state index contributed by atoms with van der Waals surface area (Å²) in [7, 11) is -3.69. The summed E-state index contributed by atoms with van der Waals surface area (Å²) in [6.07, 6.45) is 4.86. The predicted molar refractivity (Wildman–Crippen MR) is 46.1 cm³/mol. The molecule has 0 radical (unpaired) electrons. The maximum Gasteiger partial charge on any atom is 0.507 e. The summed E-state index contributed by atoms with van der Waals surface area (Å²) in [5, 5.41) is 0. The Morgan fingerprint density at radius 1 is 1.08 bits per heavy atom. The Kier molecular flexibility index (Phi) is 4.31. The highest BCUT2D eigenvalue weighted by molar-refractivity contribution is 7.48. The van der Waals surface area contributed by atoms with Crippen molar-refractivity contribution in [1.82, 2.24) is 0 Å². The standard InChI is InChI=1S/C6H15N2O4P/c7-11-13(9,12-8)10-6-4-2-1-3-5-6/h6H,1-5,7-8H2. The maximum absolute atomic E-state index is 11.3. The summed E-state index contributed by atoms with van der Waals surface area (Å²) in [5.41, 5.74) is 0. The Morgan fingerprint density at radius 2 is 1.62 bits per heavy atom. The zero-order chi connectivity index (χ0) is 9.73. The highest BCUT2D eigenvalue weighted by Gasteiger charge is 2.30. The fraction of sp³-hybridized carbons (Fsp3) is 1.00. The Balaban J connectivity index is 2.40. The van der Waals surface area contributed by atoms with Crippen molar-refractivity contribution in [2.75, 3.05) is 0 Å². The summed E-state index contributed by atoms with van der Waals surface area (Å²) in [6.45, 7) is 0. The first-order valence-electron chi connectivity index (χ1n) is 4.25. The van der Waals surface area contributed by atoms with Crippen LogP contribution in [0, 0.1) is 0 Å². The molecule has 0 aromatic rings. The molecule has 0 atom stereocenters. The number of hydrogen-bond donors (Lipinski definition) is 2. The van der Waals surface area contributed by atoms with E-state index in [1.54, 1.807) is 0 Å². The third kappa shape index (κ3) is 3.34. The molecule has 4 N–H and O–H groups in total. The normalized spacial score (nSPS) is 20.5. The lowest BCUT2D eigenvalue weighted by Crippen LogP contribution is -2.19. The number of nitrogens with two attached hydrogens (primary N) is 2. The van der Waals surface area contributed by atoms with Crippen molar-refractivity contribution in [3.8, 4) is 0 Å².